The second kappa shape index (κ2) is 7.12. The highest BCUT2D eigenvalue weighted by molar-refractivity contribution is 5.75. The van der Waals surface area contributed by atoms with E-state index in [4.69, 9.17) is 10.2 Å². The molecule has 0 radical (unpaired) electrons. The number of carbonyl (C=O) groups excluding carboxylic acids is 1. The van der Waals surface area contributed by atoms with Crippen LogP contribution in [0.15, 0.2) is 16.7 Å². The molecule has 96 valence electrons. The van der Waals surface area contributed by atoms with Crippen molar-refractivity contribution in [3.8, 4) is 0 Å². The Kier molecular flexibility index (Phi) is 5.77. The Morgan fingerprint density at radius 3 is 2.76 bits per heavy atom. The van der Waals surface area contributed by atoms with Crippen molar-refractivity contribution in [2.75, 3.05) is 13.6 Å². The van der Waals surface area contributed by atoms with Crippen molar-refractivity contribution in [3.63, 3.8) is 0 Å². The van der Waals surface area contributed by atoms with E-state index < -0.39 is 0 Å². The van der Waals surface area contributed by atoms with Crippen LogP contribution < -0.4 is 5.73 Å². The van der Waals surface area contributed by atoms with E-state index in [2.05, 4.69) is 0 Å². The smallest absolute Gasteiger partial charge is 0.222 e. The molecule has 4 nitrogen and oxygen atoms in total. The molecular formula is C13H22N2O2. The zero-order chi connectivity index (χ0) is 12.7. The number of unbranched alkanes of at least 4 members (excludes halogenated alkanes) is 2. The maximum Gasteiger partial charge on any atom is 0.222 e. The van der Waals surface area contributed by atoms with Crippen molar-refractivity contribution in [3.05, 3.63) is 23.7 Å². The van der Waals surface area contributed by atoms with Crippen molar-refractivity contribution < 1.29 is 9.21 Å². The van der Waals surface area contributed by atoms with Crippen molar-refractivity contribution >= 4 is 5.91 Å². The summed E-state index contributed by atoms with van der Waals surface area (Å²) in [5.41, 5.74) is 6.48. The Labute approximate surface area is 103 Å². The van der Waals surface area contributed by atoms with E-state index in [1.807, 2.05) is 20.0 Å². The molecule has 0 bridgehead atoms. The van der Waals surface area contributed by atoms with Gasteiger partial charge in [-0.1, -0.05) is 6.42 Å². The SMILES string of the molecule is Cc1occc1CN(C)C(=O)CCCCCN. The van der Waals surface area contributed by atoms with E-state index in [1.165, 1.54) is 0 Å². The Balaban J connectivity index is 2.30. The Morgan fingerprint density at radius 2 is 2.18 bits per heavy atom. The first kappa shape index (κ1) is 13.8. The number of nitrogens with two attached hydrogens (primary N) is 1. The van der Waals surface area contributed by atoms with Crippen LogP contribution in [0.25, 0.3) is 0 Å². The Morgan fingerprint density at radius 1 is 1.41 bits per heavy atom. The lowest BCUT2D eigenvalue weighted by atomic mass is 10.1. The van der Waals surface area contributed by atoms with Crippen molar-refractivity contribution in [1.82, 2.24) is 4.90 Å². The Hall–Kier alpha value is -1.29. The molecule has 0 spiro atoms. The molecule has 1 amide bonds. The minimum Gasteiger partial charge on any atom is -0.469 e. The highest BCUT2D eigenvalue weighted by atomic mass is 16.3. The van der Waals surface area contributed by atoms with Crippen LogP contribution in [0, 0.1) is 6.92 Å². The van der Waals surface area contributed by atoms with E-state index in [0.29, 0.717) is 19.5 Å². The molecule has 0 aliphatic rings. The van der Waals surface area contributed by atoms with Crippen molar-refractivity contribution in [2.24, 2.45) is 5.73 Å². The maximum atomic E-state index is 11.8. The summed E-state index contributed by atoms with van der Waals surface area (Å²) in [4.78, 5) is 13.6. The predicted molar refractivity (Wildman–Crippen MR) is 67.4 cm³/mol. The topological polar surface area (TPSA) is 59.5 Å². The zero-order valence-corrected chi connectivity index (χ0v) is 10.7. The summed E-state index contributed by atoms with van der Waals surface area (Å²) < 4.78 is 5.21. The average molecular weight is 238 g/mol. The van der Waals surface area contributed by atoms with Crippen LogP contribution in [0.4, 0.5) is 0 Å². The number of hydrogen-bond donors (Lipinski definition) is 1. The number of aryl methyl sites for hydroxylation is 1. The molecule has 1 aromatic heterocycles. The fourth-order valence-electron chi connectivity index (χ4n) is 1.71. The second-order valence-electron chi connectivity index (χ2n) is 4.35. The van der Waals surface area contributed by atoms with Crippen LogP contribution in [0.3, 0.4) is 0 Å². The summed E-state index contributed by atoms with van der Waals surface area (Å²) in [6.45, 7) is 3.24. The van der Waals surface area contributed by atoms with Crippen LogP contribution >= 0.6 is 0 Å². The Bertz CT molecular complexity index is 347. The van der Waals surface area contributed by atoms with Gasteiger partial charge in [0.25, 0.3) is 0 Å². The first-order chi connectivity index (χ1) is 8.15. The first-order valence-electron chi connectivity index (χ1n) is 6.12. The van der Waals surface area contributed by atoms with Gasteiger partial charge in [-0.25, -0.2) is 0 Å². The molecule has 2 N–H and O–H groups in total. The van der Waals surface area contributed by atoms with Crippen LogP contribution in [-0.4, -0.2) is 24.4 Å². The summed E-state index contributed by atoms with van der Waals surface area (Å²) >= 11 is 0. The van der Waals surface area contributed by atoms with Crippen LogP contribution in [-0.2, 0) is 11.3 Å². The molecule has 0 saturated carbocycles. The van der Waals surface area contributed by atoms with Gasteiger partial charge in [-0.05, 0) is 32.4 Å². The van der Waals surface area contributed by atoms with Gasteiger partial charge in [0.05, 0.1) is 6.26 Å². The minimum atomic E-state index is 0.183. The number of furan rings is 1. The second-order valence-corrected chi connectivity index (χ2v) is 4.35. The molecule has 0 atom stereocenters. The lowest BCUT2D eigenvalue weighted by molar-refractivity contribution is -0.130. The average Bonchev–Trinajstić information content (AvgIpc) is 2.70. The van der Waals surface area contributed by atoms with Gasteiger partial charge in [0.1, 0.15) is 5.76 Å². The molecule has 1 rings (SSSR count). The quantitative estimate of drug-likeness (QED) is 0.740. The third kappa shape index (κ3) is 4.61. The molecule has 1 heterocycles. The first-order valence-corrected chi connectivity index (χ1v) is 6.12. The van der Waals surface area contributed by atoms with Gasteiger partial charge < -0.3 is 15.1 Å². The fraction of sp³-hybridized carbons (Fsp3) is 0.615. The van der Waals surface area contributed by atoms with Crippen LogP contribution in [0.1, 0.15) is 37.0 Å². The normalized spacial score (nSPS) is 10.5. The number of amides is 1. The van der Waals surface area contributed by atoms with Gasteiger partial charge >= 0.3 is 0 Å². The van der Waals surface area contributed by atoms with E-state index in [0.717, 1.165) is 30.6 Å². The van der Waals surface area contributed by atoms with E-state index in [1.54, 1.807) is 11.2 Å². The van der Waals surface area contributed by atoms with Crippen LogP contribution in [0.2, 0.25) is 0 Å². The predicted octanol–water partition coefficient (Wildman–Crippen LogP) is 2.07. The van der Waals surface area contributed by atoms with E-state index >= 15 is 0 Å². The summed E-state index contributed by atoms with van der Waals surface area (Å²) in [5, 5.41) is 0. The van der Waals surface area contributed by atoms with Gasteiger partial charge in [-0.2, -0.15) is 0 Å². The third-order valence-electron chi connectivity index (χ3n) is 2.89. The van der Waals surface area contributed by atoms with Crippen molar-refractivity contribution in [2.45, 2.75) is 39.2 Å². The van der Waals surface area contributed by atoms with Gasteiger partial charge in [0.2, 0.25) is 5.91 Å². The lowest BCUT2D eigenvalue weighted by Crippen LogP contribution is -2.25. The van der Waals surface area contributed by atoms with Crippen molar-refractivity contribution in [1.29, 1.82) is 0 Å². The largest absolute Gasteiger partial charge is 0.469 e. The van der Waals surface area contributed by atoms with Gasteiger partial charge in [-0.15, -0.1) is 0 Å². The maximum absolute atomic E-state index is 11.8. The standard InChI is InChI=1S/C13H22N2O2/c1-11-12(7-9-17-11)10-15(2)13(16)6-4-3-5-8-14/h7,9H,3-6,8,10,14H2,1-2H3. The van der Waals surface area contributed by atoms with Gasteiger partial charge in [0, 0.05) is 25.6 Å². The molecule has 0 saturated heterocycles. The summed E-state index contributed by atoms with van der Waals surface area (Å²) in [6.07, 6.45) is 5.21. The highest BCUT2D eigenvalue weighted by Gasteiger charge is 2.11. The third-order valence-corrected chi connectivity index (χ3v) is 2.89. The summed E-state index contributed by atoms with van der Waals surface area (Å²) in [7, 11) is 1.83. The van der Waals surface area contributed by atoms with Crippen LogP contribution in [0.5, 0.6) is 0 Å². The number of carbonyl (C=O) groups is 1. The highest BCUT2D eigenvalue weighted by Crippen LogP contribution is 2.12. The molecule has 1 aromatic rings. The van der Waals surface area contributed by atoms with E-state index in [9.17, 15) is 4.79 Å². The number of rotatable bonds is 7. The van der Waals surface area contributed by atoms with Gasteiger partial charge in [-0.3, -0.25) is 4.79 Å². The monoisotopic (exact) mass is 238 g/mol. The number of nitrogens with zero attached hydrogens (tertiary/aromatic N) is 1. The zero-order valence-electron chi connectivity index (χ0n) is 10.7. The molecule has 0 fully saturated rings. The molecular weight excluding hydrogens is 216 g/mol. The lowest BCUT2D eigenvalue weighted by Gasteiger charge is -2.16. The molecule has 0 aliphatic carbocycles. The molecule has 0 aliphatic heterocycles. The molecule has 0 unspecified atom stereocenters. The van der Waals surface area contributed by atoms with E-state index in [-0.39, 0.29) is 5.91 Å². The number of hydrogen-bond acceptors (Lipinski definition) is 3. The fourth-order valence-corrected chi connectivity index (χ4v) is 1.71. The summed E-state index contributed by atoms with van der Waals surface area (Å²) in [6, 6.07) is 1.91. The van der Waals surface area contributed by atoms with Gasteiger partial charge in [0.15, 0.2) is 0 Å². The molecule has 4 heteroatoms. The molecule has 0 aromatic carbocycles. The summed E-state index contributed by atoms with van der Waals surface area (Å²) in [5.74, 6) is 1.07. The molecule has 17 heavy (non-hydrogen) atoms. The minimum absolute atomic E-state index is 0.183.